The average molecular weight is 401 g/mol. The SMILES string of the molecule is CC(OC(=O)C1CCN(S(C)(=O)=O)CC1)c1nc2ccccc2n1C(F)F. The molecule has 0 amide bonds. The van der Waals surface area contributed by atoms with Gasteiger partial charge in [0.2, 0.25) is 10.0 Å². The van der Waals surface area contributed by atoms with Crippen molar-refractivity contribution >= 4 is 27.0 Å². The molecule has 0 radical (unpaired) electrons. The van der Waals surface area contributed by atoms with E-state index in [4.69, 9.17) is 4.74 Å². The number of para-hydroxylation sites is 2. The molecule has 1 aliphatic rings. The van der Waals surface area contributed by atoms with E-state index < -0.39 is 34.6 Å². The maximum absolute atomic E-state index is 13.5. The Morgan fingerprint density at radius 2 is 1.89 bits per heavy atom. The summed E-state index contributed by atoms with van der Waals surface area (Å²) >= 11 is 0. The second-order valence-corrected chi connectivity index (χ2v) is 8.60. The van der Waals surface area contributed by atoms with Crippen molar-refractivity contribution in [1.82, 2.24) is 13.9 Å². The lowest BCUT2D eigenvalue weighted by molar-refractivity contribution is -0.155. The molecule has 10 heteroatoms. The summed E-state index contributed by atoms with van der Waals surface area (Å²) in [6, 6.07) is 6.49. The fourth-order valence-electron chi connectivity index (χ4n) is 3.30. The van der Waals surface area contributed by atoms with Gasteiger partial charge in [-0.05, 0) is 31.9 Å². The van der Waals surface area contributed by atoms with E-state index in [9.17, 15) is 22.0 Å². The number of nitrogens with zero attached hydrogens (tertiary/aromatic N) is 3. The average Bonchev–Trinajstić information content (AvgIpc) is 3.01. The molecule has 1 atom stereocenters. The number of piperidine rings is 1. The Labute approximate surface area is 156 Å². The van der Waals surface area contributed by atoms with Crippen molar-refractivity contribution in [2.75, 3.05) is 19.3 Å². The number of hydrogen-bond acceptors (Lipinski definition) is 5. The standard InChI is InChI=1S/C17H21F2N3O4S/c1-11(15-20-13-5-3-4-6-14(13)22(15)17(18)19)26-16(23)12-7-9-21(10-8-12)27(2,24)25/h3-6,11-12,17H,7-10H2,1-2H3. The third-order valence-electron chi connectivity index (χ3n) is 4.73. The second-order valence-electron chi connectivity index (χ2n) is 6.62. The molecule has 7 nitrogen and oxygen atoms in total. The van der Waals surface area contributed by atoms with Crippen LogP contribution in [0.1, 0.15) is 38.2 Å². The van der Waals surface area contributed by atoms with E-state index in [0.29, 0.717) is 18.4 Å². The molecule has 0 bridgehead atoms. The highest BCUT2D eigenvalue weighted by Gasteiger charge is 2.32. The summed E-state index contributed by atoms with van der Waals surface area (Å²) in [4.78, 5) is 16.6. The molecule has 0 aliphatic carbocycles. The number of ether oxygens (including phenoxy) is 1. The number of aromatic nitrogens is 2. The second kappa shape index (κ2) is 7.51. The smallest absolute Gasteiger partial charge is 0.320 e. The quantitative estimate of drug-likeness (QED) is 0.720. The molecular weight excluding hydrogens is 380 g/mol. The Balaban J connectivity index is 1.72. The summed E-state index contributed by atoms with van der Waals surface area (Å²) in [5.74, 6) is -1.01. The van der Waals surface area contributed by atoms with Crippen LogP contribution in [0, 0.1) is 5.92 Å². The first-order valence-electron chi connectivity index (χ1n) is 8.59. The van der Waals surface area contributed by atoms with Crippen LogP contribution in [0.15, 0.2) is 24.3 Å². The fourth-order valence-corrected chi connectivity index (χ4v) is 4.18. The molecule has 1 unspecified atom stereocenters. The Morgan fingerprint density at radius 1 is 1.26 bits per heavy atom. The predicted octanol–water partition coefficient (Wildman–Crippen LogP) is 2.71. The summed E-state index contributed by atoms with van der Waals surface area (Å²) in [5.41, 5.74) is 0.670. The highest BCUT2D eigenvalue weighted by molar-refractivity contribution is 7.88. The molecule has 148 valence electrons. The first kappa shape index (κ1) is 19.7. The molecule has 3 rings (SSSR count). The summed E-state index contributed by atoms with van der Waals surface area (Å²) in [6.07, 6.45) is 0.850. The minimum Gasteiger partial charge on any atom is -0.454 e. The van der Waals surface area contributed by atoms with Gasteiger partial charge in [0.05, 0.1) is 23.2 Å². The van der Waals surface area contributed by atoms with Crippen LogP contribution < -0.4 is 0 Å². The Morgan fingerprint density at radius 3 is 2.48 bits per heavy atom. The number of benzene rings is 1. The van der Waals surface area contributed by atoms with Crippen molar-refractivity contribution in [3.8, 4) is 0 Å². The zero-order valence-electron chi connectivity index (χ0n) is 15.0. The molecule has 1 fully saturated rings. The summed E-state index contributed by atoms with van der Waals surface area (Å²) in [7, 11) is -3.29. The lowest BCUT2D eigenvalue weighted by atomic mass is 9.98. The van der Waals surface area contributed by atoms with E-state index in [0.717, 1.165) is 10.8 Å². The molecule has 0 saturated carbocycles. The van der Waals surface area contributed by atoms with Crippen LogP contribution in [-0.4, -0.2) is 47.6 Å². The molecule has 0 spiro atoms. The van der Waals surface area contributed by atoms with Crippen LogP contribution in [0.25, 0.3) is 11.0 Å². The number of carbonyl (C=O) groups is 1. The number of carbonyl (C=O) groups excluding carboxylic acids is 1. The van der Waals surface area contributed by atoms with E-state index in [-0.39, 0.29) is 24.4 Å². The largest absolute Gasteiger partial charge is 0.454 e. The van der Waals surface area contributed by atoms with E-state index in [1.165, 1.54) is 17.3 Å². The molecule has 0 N–H and O–H groups in total. The number of fused-ring (bicyclic) bond motifs is 1. The van der Waals surface area contributed by atoms with E-state index >= 15 is 0 Å². The van der Waals surface area contributed by atoms with Gasteiger partial charge in [-0.2, -0.15) is 8.78 Å². The number of esters is 1. The van der Waals surface area contributed by atoms with Crippen molar-refractivity contribution in [1.29, 1.82) is 0 Å². The van der Waals surface area contributed by atoms with Gasteiger partial charge in [-0.25, -0.2) is 17.7 Å². The predicted molar refractivity (Wildman–Crippen MR) is 94.6 cm³/mol. The normalized spacial score (nSPS) is 18.1. The van der Waals surface area contributed by atoms with Crippen LogP contribution in [0.5, 0.6) is 0 Å². The minimum atomic E-state index is -3.29. The number of rotatable bonds is 5. The maximum atomic E-state index is 13.5. The monoisotopic (exact) mass is 401 g/mol. The van der Waals surface area contributed by atoms with Crippen molar-refractivity contribution in [2.45, 2.75) is 32.4 Å². The van der Waals surface area contributed by atoms with Gasteiger partial charge in [0.15, 0.2) is 11.9 Å². The summed E-state index contributed by atoms with van der Waals surface area (Å²) < 4.78 is 57.6. The third-order valence-corrected chi connectivity index (χ3v) is 6.03. The van der Waals surface area contributed by atoms with Gasteiger partial charge < -0.3 is 4.74 Å². The molecular formula is C17H21F2N3O4S. The van der Waals surface area contributed by atoms with Crippen LogP contribution >= 0.6 is 0 Å². The summed E-state index contributed by atoms with van der Waals surface area (Å²) in [5, 5.41) is 0. The number of sulfonamides is 1. The Kier molecular flexibility index (Phi) is 5.48. The lowest BCUT2D eigenvalue weighted by Crippen LogP contribution is -2.40. The lowest BCUT2D eigenvalue weighted by Gasteiger charge is -2.29. The highest BCUT2D eigenvalue weighted by atomic mass is 32.2. The van der Waals surface area contributed by atoms with Crippen molar-refractivity contribution in [2.24, 2.45) is 5.92 Å². The number of alkyl halides is 2. The van der Waals surface area contributed by atoms with Crippen LogP contribution in [0.4, 0.5) is 8.78 Å². The van der Waals surface area contributed by atoms with Crippen LogP contribution in [-0.2, 0) is 19.6 Å². The van der Waals surface area contributed by atoms with Crippen molar-refractivity contribution in [3.63, 3.8) is 0 Å². The van der Waals surface area contributed by atoms with Crippen molar-refractivity contribution in [3.05, 3.63) is 30.1 Å². The van der Waals surface area contributed by atoms with Crippen molar-refractivity contribution < 1.29 is 26.7 Å². The van der Waals surface area contributed by atoms with Gasteiger partial charge in [-0.15, -0.1) is 0 Å². The summed E-state index contributed by atoms with van der Waals surface area (Å²) in [6.45, 7) is -0.833. The number of hydrogen-bond donors (Lipinski definition) is 0. The van der Waals surface area contributed by atoms with E-state index in [1.807, 2.05) is 0 Å². The fraction of sp³-hybridized carbons (Fsp3) is 0.529. The number of imidazole rings is 1. The van der Waals surface area contributed by atoms with Gasteiger partial charge in [-0.3, -0.25) is 9.36 Å². The van der Waals surface area contributed by atoms with Gasteiger partial charge in [0, 0.05) is 13.1 Å². The molecule has 1 aromatic heterocycles. The Hall–Kier alpha value is -2.07. The molecule has 1 aromatic carbocycles. The highest BCUT2D eigenvalue weighted by Crippen LogP contribution is 2.29. The Bertz CT molecular complexity index is 937. The molecule has 2 heterocycles. The number of halogens is 2. The molecule has 27 heavy (non-hydrogen) atoms. The van der Waals surface area contributed by atoms with Gasteiger partial charge in [-0.1, -0.05) is 12.1 Å². The molecule has 2 aromatic rings. The van der Waals surface area contributed by atoms with E-state index in [1.54, 1.807) is 18.2 Å². The molecule has 1 aliphatic heterocycles. The molecule has 1 saturated heterocycles. The van der Waals surface area contributed by atoms with Gasteiger partial charge in [0.25, 0.3) is 0 Å². The maximum Gasteiger partial charge on any atom is 0.320 e. The zero-order chi connectivity index (χ0) is 19.8. The topological polar surface area (TPSA) is 81.5 Å². The van der Waals surface area contributed by atoms with Crippen LogP contribution in [0.2, 0.25) is 0 Å². The van der Waals surface area contributed by atoms with E-state index in [2.05, 4.69) is 4.98 Å². The minimum absolute atomic E-state index is 0.0203. The zero-order valence-corrected chi connectivity index (χ0v) is 15.8. The third kappa shape index (κ3) is 4.11. The first-order chi connectivity index (χ1) is 12.7. The van der Waals surface area contributed by atoms with Crippen LogP contribution in [0.3, 0.4) is 0 Å². The van der Waals surface area contributed by atoms with Gasteiger partial charge in [0.1, 0.15) is 0 Å². The van der Waals surface area contributed by atoms with Gasteiger partial charge >= 0.3 is 12.5 Å². The first-order valence-corrected chi connectivity index (χ1v) is 10.4.